The van der Waals surface area contributed by atoms with Gasteiger partial charge in [0.1, 0.15) is 5.75 Å². The van der Waals surface area contributed by atoms with Crippen LogP contribution in [0.15, 0.2) is 18.2 Å². The first-order valence-electron chi connectivity index (χ1n) is 3.93. The van der Waals surface area contributed by atoms with Gasteiger partial charge in [0, 0.05) is 12.4 Å². The van der Waals surface area contributed by atoms with Crippen molar-refractivity contribution in [1.82, 2.24) is 9.78 Å². The van der Waals surface area contributed by atoms with E-state index >= 15 is 0 Å². The lowest BCUT2D eigenvalue weighted by atomic mass is 10.2. The molecule has 0 atom stereocenters. The third-order valence-electron chi connectivity index (χ3n) is 2.08. The minimum Gasteiger partial charge on any atom is -0.507 e. The average molecular weight is 241 g/mol. The summed E-state index contributed by atoms with van der Waals surface area (Å²) in [4.78, 5) is 0. The van der Waals surface area contributed by atoms with Gasteiger partial charge in [0.15, 0.2) is 0 Å². The zero-order valence-corrected chi connectivity index (χ0v) is 8.74. The summed E-state index contributed by atoms with van der Waals surface area (Å²) >= 11 is 3.37. The molecule has 0 spiro atoms. The number of benzene rings is 1. The van der Waals surface area contributed by atoms with Gasteiger partial charge in [-0.1, -0.05) is 22.0 Å². The van der Waals surface area contributed by atoms with E-state index in [2.05, 4.69) is 21.0 Å². The number of fused-ring (bicyclic) bond motifs is 1. The van der Waals surface area contributed by atoms with Crippen LogP contribution < -0.4 is 0 Å². The summed E-state index contributed by atoms with van der Waals surface area (Å²) in [7, 11) is 1.87. The maximum Gasteiger partial charge on any atom is 0.126 e. The van der Waals surface area contributed by atoms with Crippen molar-refractivity contribution in [2.24, 2.45) is 7.05 Å². The van der Waals surface area contributed by atoms with Gasteiger partial charge >= 0.3 is 0 Å². The van der Waals surface area contributed by atoms with Crippen LogP contribution in [0.5, 0.6) is 5.75 Å². The number of hydrogen-bond acceptors (Lipinski definition) is 2. The lowest BCUT2D eigenvalue weighted by Gasteiger charge is -1.97. The molecule has 68 valence electrons. The van der Waals surface area contributed by atoms with Crippen molar-refractivity contribution >= 4 is 26.8 Å². The molecule has 0 fully saturated rings. The number of alkyl halides is 1. The largest absolute Gasteiger partial charge is 0.507 e. The summed E-state index contributed by atoms with van der Waals surface area (Å²) in [6.07, 6.45) is 0. The Labute approximate surface area is 84.1 Å². The molecular weight excluding hydrogens is 232 g/mol. The molecule has 4 heteroatoms. The fourth-order valence-electron chi connectivity index (χ4n) is 1.44. The van der Waals surface area contributed by atoms with Crippen molar-refractivity contribution in [2.75, 3.05) is 0 Å². The molecule has 1 aromatic heterocycles. The van der Waals surface area contributed by atoms with Crippen LogP contribution in [-0.2, 0) is 12.4 Å². The van der Waals surface area contributed by atoms with Crippen LogP contribution in [0, 0.1) is 0 Å². The van der Waals surface area contributed by atoms with Crippen molar-refractivity contribution in [3.8, 4) is 5.75 Å². The van der Waals surface area contributed by atoms with Crippen molar-refractivity contribution in [1.29, 1.82) is 0 Å². The first kappa shape index (κ1) is 8.56. The van der Waals surface area contributed by atoms with Gasteiger partial charge in [0.2, 0.25) is 0 Å². The fraction of sp³-hybridized carbons (Fsp3) is 0.222. The summed E-state index contributed by atoms with van der Waals surface area (Å²) < 4.78 is 1.78. The second kappa shape index (κ2) is 3.03. The third-order valence-corrected chi connectivity index (χ3v) is 2.62. The second-order valence-corrected chi connectivity index (χ2v) is 3.44. The van der Waals surface area contributed by atoms with E-state index in [0.29, 0.717) is 11.1 Å². The molecule has 1 N–H and O–H groups in total. The maximum atomic E-state index is 9.62. The summed E-state index contributed by atoms with van der Waals surface area (Å²) in [5.41, 5.74) is 1.82. The predicted molar refractivity (Wildman–Crippen MR) is 55.0 cm³/mol. The van der Waals surface area contributed by atoms with Gasteiger partial charge in [-0.3, -0.25) is 4.68 Å². The van der Waals surface area contributed by atoms with Gasteiger partial charge in [0.05, 0.1) is 16.6 Å². The molecule has 2 rings (SSSR count). The molecule has 0 saturated carbocycles. The SMILES string of the molecule is Cn1nc2cccc(O)c2c1CBr. The van der Waals surface area contributed by atoms with Crippen LogP contribution in [-0.4, -0.2) is 14.9 Å². The minimum absolute atomic E-state index is 0.292. The van der Waals surface area contributed by atoms with E-state index in [1.165, 1.54) is 0 Å². The van der Waals surface area contributed by atoms with Gasteiger partial charge < -0.3 is 5.11 Å². The van der Waals surface area contributed by atoms with Crippen LogP contribution in [0.1, 0.15) is 5.69 Å². The van der Waals surface area contributed by atoms with E-state index < -0.39 is 0 Å². The van der Waals surface area contributed by atoms with E-state index in [0.717, 1.165) is 16.6 Å². The van der Waals surface area contributed by atoms with Crippen molar-refractivity contribution < 1.29 is 5.11 Å². The number of aromatic nitrogens is 2. The van der Waals surface area contributed by atoms with Gasteiger partial charge in [0.25, 0.3) is 0 Å². The number of nitrogens with zero attached hydrogens (tertiary/aromatic N) is 2. The molecule has 0 bridgehead atoms. The van der Waals surface area contributed by atoms with Crippen molar-refractivity contribution in [3.63, 3.8) is 0 Å². The summed E-state index contributed by atoms with van der Waals surface area (Å²) in [5.74, 6) is 0.292. The van der Waals surface area contributed by atoms with Gasteiger partial charge in [-0.2, -0.15) is 5.10 Å². The highest BCUT2D eigenvalue weighted by Gasteiger charge is 2.10. The number of phenols is 1. The number of halogens is 1. The third kappa shape index (κ3) is 1.21. The Morgan fingerprint density at radius 3 is 3.00 bits per heavy atom. The Kier molecular flexibility index (Phi) is 2.00. The number of aryl methyl sites for hydroxylation is 1. The van der Waals surface area contributed by atoms with Crippen LogP contribution in [0.2, 0.25) is 0 Å². The number of hydrogen-bond donors (Lipinski definition) is 1. The van der Waals surface area contributed by atoms with Gasteiger partial charge in [-0.05, 0) is 12.1 Å². The summed E-state index contributed by atoms with van der Waals surface area (Å²) in [5, 5.41) is 15.4. The summed E-state index contributed by atoms with van der Waals surface area (Å²) in [6.45, 7) is 0. The van der Waals surface area contributed by atoms with E-state index in [4.69, 9.17) is 0 Å². The van der Waals surface area contributed by atoms with Crippen LogP contribution in [0.25, 0.3) is 10.9 Å². The Balaban J connectivity index is 2.88. The smallest absolute Gasteiger partial charge is 0.126 e. The van der Waals surface area contributed by atoms with E-state index in [9.17, 15) is 5.11 Å². The molecule has 2 aromatic rings. The fourth-order valence-corrected chi connectivity index (χ4v) is 2.09. The lowest BCUT2D eigenvalue weighted by molar-refractivity contribution is 0.481. The average Bonchev–Trinajstić information content (AvgIpc) is 2.42. The first-order chi connectivity index (χ1) is 6.24. The molecular formula is C9H9BrN2O. The molecule has 0 radical (unpaired) electrons. The van der Waals surface area contributed by atoms with E-state index in [1.54, 1.807) is 16.8 Å². The molecule has 0 unspecified atom stereocenters. The number of phenolic OH excluding ortho intramolecular Hbond substituents is 1. The summed E-state index contributed by atoms with van der Waals surface area (Å²) in [6, 6.07) is 5.36. The highest BCUT2D eigenvalue weighted by atomic mass is 79.9. The Hall–Kier alpha value is -1.03. The lowest BCUT2D eigenvalue weighted by Crippen LogP contribution is -1.94. The molecule has 13 heavy (non-hydrogen) atoms. The first-order valence-corrected chi connectivity index (χ1v) is 5.05. The maximum absolute atomic E-state index is 9.62. The van der Waals surface area contributed by atoms with Crippen molar-refractivity contribution in [3.05, 3.63) is 23.9 Å². The second-order valence-electron chi connectivity index (χ2n) is 2.88. The Morgan fingerprint density at radius 1 is 1.54 bits per heavy atom. The molecule has 1 heterocycles. The number of aromatic hydroxyl groups is 1. The van der Waals surface area contributed by atoms with Crippen LogP contribution in [0.4, 0.5) is 0 Å². The standard InChI is InChI=1S/C9H9BrN2O/c1-12-7(5-10)9-6(11-12)3-2-4-8(9)13/h2-4,13H,5H2,1H3. The number of rotatable bonds is 1. The van der Waals surface area contributed by atoms with E-state index in [1.807, 2.05) is 13.1 Å². The highest BCUT2D eigenvalue weighted by molar-refractivity contribution is 9.08. The Bertz CT molecular complexity index is 450. The van der Waals surface area contributed by atoms with Crippen LogP contribution >= 0.6 is 15.9 Å². The highest BCUT2D eigenvalue weighted by Crippen LogP contribution is 2.28. The minimum atomic E-state index is 0.292. The van der Waals surface area contributed by atoms with E-state index in [-0.39, 0.29) is 0 Å². The topological polar surface area (TPSA) is 38.0 Å². The molecule has 0 saturated heterocycles. The normalized spacial score (nSPS) is 10.9. The zero-order chi connectivity index (χ0) is 9.42. The monoisotopic (exact) mass is 240 g/mol. The molecule has 0 aliphatic carbocycles. The quantitative estimate of drug-likeness (QED) is 0.777. The molecule has 1 aromatic carbocycles. The molecule has 0 amide bonds. The molecule has 0 aliphatic heterocycles. The van der Waals surface area contributed by atoms with Crippen molar-refractivity contribution in [2.45, 2.75) is 5.33 Å². The zero-order valence-electron chi connectivity index (χ0n) is 7.16. The Morgan fingerprint density at radius 2 is 2.31 bits per heavy atom. The van der Waals surface area contributed by atoms with Crippen LogP contribution in [0.3, 0.4) is 0 Å². The van der Waals surface area contributed by atoms with Gasteiger partial charge in [-0.15, -0.1) is 0 Å². The molecule has 0 aliphatic rings. The predicted octanol–water partition coefficient (Wildman–Crippen LogP) is 2.17. The van der Waals surface area contributed by atoms with Gasteiger partial charge in [-0.25, -0.2) is 0 Å². The molecule has 3 nitrogen and oxygen atoms in total.